The Hall–Kier alpha value is -6.00. The summed E-state index contributed by atoms with van der Waals surface area (Å²) in [6, 6.07) is 9.69. The second-order valence-electron chi connectivity index (χ2n) is 14.8. The van der Waals surface area contributed by atoms with Gasteiger partial charge < -0.3 is 39.9 Å². The van der Waals surface area contributed by atoms with Crippen molar-refractivity contribution in [2.75, 3.05) is 27.3 Å². The van der Waals surface area contributed by atoms with Gasteiger partial charge in [-0.2, -0.15) is 0 Å². The van der Waals surface area contributed by atoms with E-state index >= 15 is 0 Å². The number of nitrogens with one attached hydrogen (secondary N) is 4. The zero-order valence-corrected chi connectivity index (χ0v) is 31.8. The first-order valence-corrected chi connectivity index (χ1v) is 18.7. The maximum absolute atomic E-state index is 13.6. The smallest absolute Gasteiger partial charge is 0.407 e. The van der Waals surface area contributed by atoms with E-state index in [9.17, 15) is 19.2 Å². The second kappa shape index (κ2) is 15.4. The Balaban J connectivity index is 1.08. The molecule has 17 nitrogen and oxygen atoms in total. The van der Waals surface area contributed by atoms with Crippen molar-refractivity contribution in [2.24, 2.45) is 11.8 Å². The lowest BCUT2D eigenvalue weighted by Gasteiger charge is -2.29. The molecule has 55 heavy (non-hydrogen) atoms. The van der Waals surface area contributed by atoms with Gasteiger partial charge in [0.05, 0.1) is 60.3 Å². The molecule has 4 amide bonds. The zero-order chi connectivity index (χ0) is 39.0. The quantitative estimate of drug-likeness (QED) is 0.154. The van der Waals surface area contributed by atoms with Crippen LogP contribution in [0.25, 0.3) is 39.0 Å². The molecule has 0 aliphatic carbocycles. The number of benzene rings is 2. The van der Waals surface area contributed by atoms with E-state index in [1.54, 1.807) is 14.5 Å². The third-order valence-corrected chi connectivity index (χ3v) is 10.5. The molecule has 2 aliphatic heterocycles. The molecule has 2 aromatic carbocycles. The third-order valence-electron chi connectivity index (χ3n) is 10.5. The molecule has 2 aliphatic rings. The first-order valence-electron chi connectivity index (χ1n) is 18.7. The number of aromatic nitrogens is 7. The number of fused-ring (bicyclic) bond motifs is 2. The lowest BCUT2D eigenvalue weighted by Crippen LogP contribution is -2.51. The van der Waals surface area contributed by atoms with Crippen molar-refractivity contribution in [1.29, 1.82) is 0 Å². The number of aromatic amines is 2. The maximum atomic E-state index is 13.6. The van der Waals surface area contributed by atoms with Crippen LogP contribution in [0.15, 0.2) is 42.6 Å². The molecule has 0 bridgehead atoms. The average Bonchev–Trinajstić information content (AvgIpc) is 4.02. The van der Waals surface area contributed by atoms with Crippen LogP contribution in [0.5, 0.6) is 0 Å². The number of alkyl carbamates (subject to hydrolysis) is 2. The Morgan fingerprint density at radius 3 is 1.76 bits per heavy atom. The average molecular weight is 754 g/mol. The molecule has 3 aromatic heterocycles. The largest absolute Gasteiger partial charge is 0.453 e. The number of hydrogen-bond donors (Lipinski definition) is 4. The number of rotatable bonds is 10. The van der Waals surface area contributed by atoms with Crippen LogP contribution in [-0.2, 0) is 19.1 Å². The number of likely N-dealkylation sites (tertiary alicyclic amines) is 2. The Morgan fingerprint density at radius 1 is 0.745 bits per heavy atom. The molecule has 290 valence electrons. The number of imidazole rings is 2. The van der Waals surface area contributed by atoms with E-state index in [1.165, 1.54) is 14.2 Å². The maximum Gasteiger partial charge on any atom is 0.407 e. The summed E-state index contributed by atoms with van der Waals surface area (Å²) in [5.74, 6) is 0.805. The van der Waals surface area contributed by atoms with E-state index in [0.29, 0.717) is 30.4 Å². The van der Waals surface area contributed by atoms with E-state index in [4.69, 9.17) is 19.4 Å². The number of amides is 4. The summed E-state index contributed by atoms with van der Waals surface area (Å²) < 4.78 is 11.2. The molecule has 7 rings (SSSR count). The molecule has 4 atom stereocenters. The molecule has 5 aromatic rings. The van der Waals surface area contributed by atoms with Crippen molar-refractivity contribution in [1.82, 2.24) is 55.4 Å². The lowest BCUT2D eigenvalue weighted by molar-refractivity contribution is -0.136. The topological polar surface area (TPSA) is 205 Å². The zero-order valence-electron chi connectivity index (χ0n) is 31.8. The summed E-state index contributed by atoms with van der Waals surface area (Å²) in [4.78, 5) is 71.3. The summed E-state index contributed by atoms with van der Waals surface area (Å²) in [6.45, 7) is 8.70. The summed E-state index contributed by atoms with van der Waals surface area (Å²) in [5, 5.41) is 14.3. The van der Waals surface area contributed by atoms with Crippen LogP contribution < -0.4 is 10.6 Å². The highest BCUT2D eigenvalue weighted by molar-refractivity contribution is 5.88. The molecule has 17 heteroatoms. The molecule has 0 saturated carbocycles. The van der Waals surface area contributed by atoms with Crippen LogP contribution in [0.3, 0.4) is 0 Å². The summed E-state index contributed by atoms with van der Waals surface area (Å²) in [6.07, 6.45) is 3.72. The standard InChI is InChI=1S/C38H47N11O6/c1-20(2)31(43-37(52)54-5)35(50)47-15-7-9-29(47)33-39-24-13-11-22(17-26(24)41-33)28-19-49(46-45-28)23-12-14-25-27(18-23)42-34(40-25)30-10-8-16-48(30)36(51)32(21(3)4)44-38(53)55-6/h11-14,17-21,29-32H,7-10,15-16H2,1-6H3,(H,39,41)(H,40,42)(H,43,52)(H,44,53). The third kappa shape index (κ3) is 7.42. The molecule has 4 N–H and O–H groups in total. The van der Waals surface area contributed by atoms with Crippen molar-refractivity contribution < 1.29 is 28.7 Å². The highest BCUT2D eigenvalue weighted by Crippen LogP contribution is 2.35. The Morgan fingerprint density at radius 2 is 1.25 bits per heavy atom. The van der Waals surface area contributed by atoms with Gasteiger partial charge in [0.2, 0.25) is 11.8 Å². The molecular formula is C38H47N11O6. The molecular weight excluding hydrogens is 706 g/mol. The number of hydrogen-bond acceptors (Lipinski definition) is 10. The van der Waals surface area contributed by atoms with Gasteiger partial charge in [0.1, 0.15) is 29.4 Å². The minimum Gasteiger partial charge on any atom is -0.453 e. The van der Waals surface area contributed by atoms with Gasteiger partial charge in [-0.05, 0) is 67.9 Å². The normalized spacial score (nSPS) is 18.3. The van der Waals surface area contributed by atoms with E-state index in [1.807, 2.05) is 70.3 Å². The van der Waals surface area contributed by atoms with Gasteiger partial charge in [-0.1, -0.05) is 39.0 Å². The van der Waals surface area contributed by atoms with Gasteiger partial charge in [0.15, 0.2) is 0 Å². The number of ether oxygens (including phenoxy) is 2. The van der Waals surface area contributed by atoms with Crippen molar-refractivity contribution in [2.45, 2.75) is 77.5 Å². The summed E-state index contributed by atoms with van der Waals surface area (Å²) in [7, 11) is 2.56. The van der Waals surface area contributed by atoms with Gasteiger partial charge >= 0.3 is 12.2 Å². The first kappa shape index (κ1) is 37.3. The number of H-pyrrole nitrogens is 2. The monoisotopic (exact) mass is 753 g/mol. The van der Waals surface area contributed by atoms with Crippen LogP contribution in [0.1, 0.15) is 77.1 Å². The van der Waals surface area contributed by atoms with Crippen LogP contribution in [0.4, 0.5) is 9.59 Å². The van der Waals surface area contributed by atoms with Crippen molar-refractivity contribution in [3.63, 3.8) is 0 Å². The lowest BCUT2D eigenvalue weighted by atomic mass is 10.0. The molecule has 4 unspecified atom stereocenters. The van der Waals surface area contributed by atoms with Gasteiger partial charge in [0, 0.05) is 18.7 Å². The summed E-state index contributed by atoms with van der Waals surface area (Å²) in [5.41, 5.74) is 5.41. The molecule has 0 radical (unpaired) electrons. The van der Waals surface area contributed by atoms with E-state index in [-0.39, 0.29) is 35.7 Å². The predicted octanol–water partition coefficient (Wildman–Crippen LogP) is 4.78. The Labute approximate surface area is 317 Å². The SMILES string of the molecule is COC(=O)NC(C(=O)N1CCCC1c1nc2ccc(-c3cn(-c4ccc5nc(C6CCCN6C(=O)C(NC(=O)OC)C(C)C)[nH]c5c4)nn3)cc2[nH]1)C(C)C. The number of carbonyl (C=O) groups is 4. The van der Waals surface area contributed by atoms with Crippen LogP contribution in [-0.4, -0.2) is 108 Å². The number of carbonyl (C=O) groups excluding carboxylic acids is 4. The highest BCUT2D eigenvalue weighted by Gasteiger charge is 2.39. The highest BCUT2D eigenvalue weighted by atomic mass is 16.5. The van der Waals surface area contributed by atoms with Gasteiger partial charge in [0.25, 0.3) is 0 Å². The number of nitrogens with zero attached hydrogens (tertiary/aromatic N) is 7. The van der Waals surface area contributed by atoms with Crippen LogP contribution in [0.2, 0.25) is 0 Å². The van der Waals surface area contributed by atoms with E-state index in [2.05, 4.69) is 30.9 Å². The van der Waals surface area contributed by atoms with Crippen molar-refractivity contribution in [3.05, 3.63) is 54.2 Å². The molecule has 2 saturated heterocycles. The van der Waals surface area contributed by atoms with Crippen LogP contribution in [0, 0.1) is 11.8 Å². The van der Waals surface area contributed by atoms with Crippen molar-refractivity contribution in [3.8, 4) is 16.9 Å². The predicted molar refractivity (Wildman–Crippen MR) is 202 cm³/mol. The van der Waals surface area contributed by atoms with E-state index < -0.39 is 24.3 Å². The van der Waals surface area contributed by atoms with Gasteiger partial charge in [-0.25, -0.2) is 24.2 Å². The van der Waals surface area contributed by atoms with E-state index in [0.717, 1.165) is 59.0 Å². The van der Waals surface area contributed by atoms with Crippen LogP contribution >= 0.6 is 0 Å². The minimum absolute atomic E-state index is 0.125. The fraction of sp³-hybridized carbons (Fsp3) is 0.474. The molecule has 0 spiro atoms. The Bertz CT molecular complexity index is 2070. The molecule has 2 fully saturated rings. The number of methoxy groups -OCH3 is 2. The second-order valence-corrected chi connectivity index (χ2v) is 14.8. The van der Waals surface area contributed by atoms with Gasteiger partial charge in [-0.3, -0.25) is 9.59 Å². The van der Waals surface area contributed by atoms with Gasteiger partial charge in [-0.15, -0.1) is 5.10 Å². The van der Waals surface area contributed by atoms with Crippen molar-refractivity contribution >= 4 is 46.1 Å². The Kier molecular flexibility index (Phi) is 10.4. The molecule has 5 heterocycles. The summed E-state index contributed by atoms with van der Waals surface area (Å²) >= 11 is 0. The minimum atomic E-state index is -0.712. The first-order chi connectivity index (χ1) is 26.4. The fourth-order valence-electron chi connectivity index (χ4n) is 7.57. The fourth-order valence-corrected chi connectivity index (χ4v) is 7.57.